The summed E-state index contributed by atoms with van der Waals surface area (Å²) in [6, 6.07) is 9.68. The van der Waals surface area contributed by atoms with E-state index in [2.05, 4.69) is 5.32 Å². The molecule has 1 aliphatic carbocycles. The standard InChI is InChI=1S/C28H36FN3O4/c1-31(22-7-5-4-6-8-22)26(33)13-15-30-28(34)32-16-14-20-17-24(35-2)25(36-3)18-23(20)27(32)19-9-11-21(29)12-10-19/h9-12,17-18,22,27H,4-8,13-16H2,1-3H3,(H,30,34). The van der Waals surface area contributed by atoms with Crippen LogP contribution in [0, 0.1) is 5.82 Å². The van der Waals surface area contributed by atoms with E-state index in [4.69, 9.17) is 9.47 Å². The molecular weight excluding hydrogens is 461 g/mol. The quantitative estimate of drug-likeness (QED) is 0.603. The number of urea groups is 1. The number of ether oxygens (including phenoxy) is 2. The fourth-order valence-corrected chi connectivity index (χ4v) is 5.40. The average Bonchev–Trinajstić information content (AvgIpc) is 2.92. The highest BCUT2D eigenvalue weighted by Crippen LogP contribution is 2.41. The van der Waals surface area contributed by atoms with E-state index in [1.54, 1.807) is 31.3 Å². The first-order valence-corrected chi connectivity index (χ1v) is 12.7. The maximum Gasteiger partial charge on any atom is 0.318 e. The van der Waals surface area contributed by atoms with Crippen LogP contribution < -0.4 is 14.8 Å². The SMILES string of the molecule is COc1cc2c(cc1OC)C(c1ccc(F)cc1)N(C(=O)NCCC(=O)N(C)C1CCCCC1)CC2. The molecule has 194 valence electrons. The van der Waals surface area contributed by atoms with Crippen LogP contribution in [-0.2, 0) is 11.2 Å². The van der Waals surface area contributed by atoms with E-state index in [1.807, 2.05) is 24.1 Å². The van der Waals surface area contributed by atoms with Crippen molar-refractivity contribution in [3.05, 3.63) is 58.9 Å². The van der Waals surface area contributed by atoms with E-state index in [9.17, 15) is 14.0 Å². The summed E-state index contributed by atoms with van der Waals surface area (Å²) in [6.07, 6.45) is 6.57. The maximum atomic E-state index is 13.7. The lowest BCUT2D eigenvalue weighted by Gasteiger charge is -2.38. The Morgan fingerprint density at radius 2 is 1.72 bits per heavy atom. The molecule has 0 aromatic heterocycles. The van der Waals surface area contributed by atoms with Crippen LogP contribution >= 0.6 is 0 Å². The molecule has 4 rings (SSSR count). The van der Waals surface area contributed by atoms with Crippen LogP contribution in [0.25, 0.3) is 0 Å². The van der Waals surface area contributed by atoms with Gasteiger partial charge in [-0.15, -0.1) is 0 Å². The lowest BCUT2D eigenvalue weighted by molar-refractivity contribution is -0.132. The van der Waals surface area contributed by atoms with E-state index < -0.39 is 6.04 Å². The Labute approximate surface area is 212 Å². The van der Waals surface area contributed by atoms with Crippen LogP contribution in [0.2, 0.25) is 0 Å². The molecule has 8 heteroatoms. The minimum Gasteiger partial charge on any atom is -0.493 e. The first-order valence-electron chi connectivity index (χ1n) is 12.7. The zero-order valence-corrected chi connectivity index (χ0v) is 21.4. The molecule has 2 aromatic carbocycles. The van der Waals surface area contributed by atoms with Crippen molar-refractivity contribution in [2.24, 2.45) is 0 Å². The van der Waals surface area contributed by atoms with Gasteiger partial charge < -0.3 is 24.6 Å². The number of amides is 3. The minimum atomic E-state index is -0.422. The highest BCUT2D eigenvalue weighted by molar-refractivity contribution is 5.79. The molecule has 1 atom stereocenters. The smallest absolute Gasteiger partial charge is 0.318 e. The Kier molecular flexibility index (Phi) is 8.33. The summed E-state index contributed by atoms with van der Waals surface area (Å²) in [5.41, 5.74) is 2.76. The Balaban J connectivity index is 1.50. The molecule has 0 spiro atoms. The van der Waals surface area contributed by atoms with Gasteiger partial charge in [0, 0.05) is 32.6 Å². The van der Waals surface area contributed by atoms with Gasteiger partial charge in [0.15, 0.2) is 11.5 Å². The van der Waals surface area contributed by atoms with Crippen LogP contribution in [0.4, 0.5) is 9.18 Å². The zero-order valence-electron chi connectivity index (χ0n) is 21.4. The van der Waals surface area contributed by atoms with Gasteiger partial charge in [0.1, 0.15) is 5.82 Å². The summed E-state index contributed by atoms with van der Waals surface area (Å²) >= 11 is 0. The fraction of sp³-hybridized carbons (Fsp3) is 0.500. The highest BCUT2D eigenvalue weighted by atomic mass is 19.1. The van der Waals surface area contributed by atoms with Crippen molar-refractivity contribution in [1.82, 2.24) is 15.1 Å². The topological polar surface area (TPSA) is 71.1 Å². The normalized spacial score (nSPS) is 17.8. The van der Waals surface area contributed by atoms with Crippen molar-refractivity contribution in [3.8, 4) is 11.5 Å². The van der Waals surface area contributed by atoms with Crippen LogP contribution in [-0.4, -0.2) is 62.1 Å². The predicted molar refractivity (Wildman–Crippen MR) is 136 cm³/mol. The van der Waals surface area contributed by atoms with Crippen molar-refractivity contribution in [2.45, 2.75) is 57.0 Å². The van der Waals surface area contributed by atoms with E-state index in [0.29, 0.717) is 30.5 Å². The van der Waals surface area contributed by atoms with Crippen LogP contribution in [0.5, 0.6) is 11.5 Å². The molecule has 1 heterocycles. The molecule has 0 saturated heterocycles. The molecule has 1 unspecified atom stereocenters. The van der Waals surface area contributed by atoms with Crippen LogP contribution in [0.3, 0.4) is 0 Å². The summed E-state index contributed by atoms with van der Waals surface area (Å²) in [4.78, 5) is 29.7. The lowest BCUT2D eigenvalue weighted by atomic mass is 9.88. The third-order valence-electron chi connectivity index (χ3n) is 7.45. The largest absolute Gasteiger partial charge is 0.493 e. The monoisotopic (exact) mass is 497 g/mol. The van der Waals surface area contributed by atoms with Gasteiger partial charge in [-0.2, -0.15) is 0 Å². The lowest BCUT2D eigenvalue weighted by Crippen LogP contribution is -2.47. The summed E-state index contributed by atoms with van der Waals surface area (Å²) in [5.74, 6) is 0.923. The number of methoxy groups -OCH3 is 2. The molecule has 7 nitrogen and oxygen atoms in total. The Morgan fingerprint density at radius 1 is 1.06 bits per heavy atom. The molecule has 1 aliphatic heterocycles. The first-order chi connectivity index (χ1) is 17.4. The second-order valence-corrected chi connectivity index (χ2v) is 9.58. The van der Waals surface area contributed by atoms with Crippen molar-refractivity contribution < 1.29 is 23.5 Å². The number of carbonyl (C=O) groups is 2. The van der Waals surface area contributed by atoms with Crippen molar-refractivity contribution in [2.75, 3.05) is 34.4 Å². The molecule has 0 bridgehead atoms. The minimum absolute atomic E-state index is 0.0538. The molecule has 2 aromatic rings. The number of rotatable bonds is 7. The van der Waals surface area contributed by atoms with Crippen molar-refractivity contribution in [3.63, 3.8) is 0 Å². The Bertz CT molecular complexity index is 1070. The third-order valence-corrected chi connectivity index (χ3v) is 7.45. The highest BCUT2D eigenvalue weighted by Gasteiger charge is 2.33. The summed E-state index contributed by atoms with van der Waals surface area (Å²) < 4.78 is 24.7. The molecule has 0 radical (unpaired) electrons. The number of nitrogens with zero attached hydrogens (tertiary/aromatic N) is 2. The molecule has 3 amide bonds. The Morgan fingerprint density at radius 3 is 2.39 bits per heavy atom. The van der Waals surface area contributed by atoms with E-state index in [-0.39, 0.29) is 30.7 Å². The van der Waals surface area contributed by atoms with Gasteiger partial charge in [-0.1, -0.05) is 31.4 Å². The van der Waals surface area contributed by atoms with Crippen molar-refractivity contribution >= 4 is 11.9 Å². The molecule has 1 fully saturated rings. The number of fused-ring (bicyclic) bond motifs is 1. The van der Waals surface area contributed by atoms with E-state index >= 15 is 0 Å². The van der Waals surface area contributed by atoms with Gasteiger partial charge in [-0.3, -0.25) is 4.79 Å². The molecule has 36 heavy (non-hydrogen) atoms. The number of benzene rings is 2. The number of hydrogen-bond acceptors (Lipinski definition) is 4. The van der Waals surface area contributed by atoms with Crippen LogP contribution in [0.1, 0.15) is 61.3 Å². The number of halogens is 1. The van der Waals surface area contributed by atoms with Gasteiger partial charge >= 0.3 is 6.03 Å². The second-order valence-electron chi connectivity index (χ2n) is 9.58. The number of hydrogen-bond donors (Lipinski definition) is 1. The summed E-state index contributed by atoms with van der Waals surface area (Å²) in [7, 11) is 5.04. The predicted octanol–water partition coefficient (Wildman–Crippen LogP) is 4.68. The van der Waals surface area contributed by atoms with E-state index in [1.165, 1.54) is 18.6 Å². The number of carbonyl (C=O) groups excluding carboxylic acids is 2. The Hall–Kier alpha value is -3.29. The van der Waals surface area contributed by atoms with Gasteiger partial charge in [0.05, 0.1) is 20.3 Å². The van der Waals surface area contributed by atoms with Gasteiger partial charge in [-0.25, -0.2) is 9.18 Å². The van der Waals surface area contributed by atoms with E-state index in [0.717, 1.165) is 42.4 Å². The third kappa shape index (κ3) is 5.58. The molecule has 2 aliphatic rings. The van der Waals surface area contributed by atoms with Gasteiger partial charge in [0.2, 0.25) is 5.91 Å². The number of nitrogens with one attached hydrogen (secondary N) is 1. The molecular formula is C28H36FN3O4. The molecule has 1 N–H and O–H groups in total. The maximum absolute atomic E-state index is 13.7. The first kappa shape index (κ1) is 25.8. The summed E-state index contributed by atoms with van der Waals surface area (Å²) in [6.45, 7) is 0.742. The summed E-state index contributed by atoms with van der Waals surface area (Å²) in [5, 5.41) is 2.94. The average molecular weight is 498 g/mol. The zero-order chi connectivity index (χ0) is 25.7. The second kappa shape index (κ2) is 11.6. The van der Waals surface area contributed by atoms with Crippen LogP contribution in [0.15, 0.2) is 36.4 Å². The van der Waals surface area contributed by atoms with Gasteiger partial charge in [-0.05, 0) is 60.2 Å². The van der Waals surface area contributed by atoms with Crippen molar-refractivity contribution in [1.29, 1.82) is 0 Å². The van der Waals surface area contributed by atoms with Gasteiger partial charge in [0.25, 0.3) is 0 Å². The fourth-order valence-electron chi connectivity index (χ4n) is 5.40. The molecule has 1 saturated carbocycles.